The number of amides is 1. The van der Waals surface area contributed by atoms with Crippen LogP contribution in [0.1, 0.15) is 75.4 Å². The van der Waals surface area contributed by atoms with E-state index in [9.17, 15) is 9.90 Å². The molecule has 1 fully saturated rings. The third kappa shape index (κ3) is 6.10. The van der Waals surface area contributed by atoms with Gasteiger partial charge in [0, 0.05) is 29.6 Å². The zero-order valence-corrected chi connectivity index (χ0v) is 29.6. The topological polar surface area (TPSA) is 88.1 Å². The van der Waals surface area contributed by atoms with Crippen LogP contribution < -0.4 is 14.8 Å². The van der Waals surface area contributed by atoms with Gasteiger partial charge in [0.25, 0.3) is 0 Å². The Labute approximate surface area is 290 Å². The molecule has 4 aromatic carbocycles. The van der Waals surface area contributed by atoms with Crippen LogP contribution in [0.15, 0.2) is 103 Å². The van der Waals surface area contributed by atoms with E-state index in [2.05, 4.69) is 59.0 Å². The molecule has 6 rings (SSSR count). The lowest BCUT2D eigenvalue weighted by molar-refractivity contribution is -0.154. The average Bonchev–Trinajstić information content (AvgIpc) is 3.65. The minimum absolute atomic E-state index is 0.0715. The van der Waals surface area contributed by atoms with E-state index < -0.39 is 40.8 Å². The number of carboxylic acid groups (broad SMARTS) is 1. The Morgan fingerprint density at radius 1 is 0.898 bits per heavy atom. The van der Waals surface area contributed by atoms with Crippen LogP contribution in [0.2, 0.25) is 0 Å². The highest BCUT2D eigenvalue weighted by Crippen LogP contribution is 2.53. The number of carboxylic acids is 1. The second-order valence-electron chi connectivity index (χ2n) is 15.5. The number of hydrogen-bond acceptors (Lipinski definition) is 5. The van der Waals surface area contributed by atoms with Crippen molar-refractivity contribution in [2.45, 2.75) is 77.0 Å². The summed E-state index contributed by atoms with van der Waals surface area (Å²) < 4.78 is 12.1. The normalized spacial score (nSPS) is 23.5. The largest absolute Gasteiger partial charge is 0.496 e. The van der Waals surface area contributed by atoms with Crippen molar-refractivity contribution in [1.29, 1.82) is 0 Å². The first-order valence-corrected chi connectivity index (χ1v) is 17.1. The molecule has 2 aliphatic heterocycles. The maximum atomic E-state index is 15.7. The van der Waals surface area contributed by atoms with Crippen molar-refractivity contribution < 1.29 is 24.2 Å². The molecule has 0 radical (unpaired) electrons. The highest BCUT2D eigenvalue weighted by molar-refractivity contribution is 5.97. The highest BCUT2D eigenvalue weighted by Gasteiger charge is 2.62. The number of carbonyl (C=O) groups is 2. The molecule has 2 heterocycles. The van der Waals surface area contributed by atoms with Crippen LogP contribution in [-0.4, -0.2) is 47.7 Å². The van der Waals surface area contributed by atoms with E-state index in [0.717, 1.165) is 28.0 Å². The van der Waals surface area contributed by atoms with E-state index in [1.54, 1.807) is 12.0 Å². The van der Waals surface area contributed by atoms with Gasteiger partial charge in [0.15, 0.2) is 0 Å². The molecule has 1 saturated heterocycles. The van der Waals surface area contributed by atoms with Crippen LogP contribution in [-0.2, 0) is 27.0 Å². The lowest BCUT2D eigenvalue weighted by Gasteiger charge is -2.38. The zero-order chi connectivity index (χ0) is 35.1. The summed E-state index contributed by atoms with van der Waals surface area (Å²) in [6.45, 7) is 13.3. The lowest BCUT2D eigenvalue weighted by atomic mass is 9.72. The predicted octanol–water partition coefficient (Wildman–Crippen LogP) is 7.53. The molecule has 7 heteroatoms. The van der Waals surface area contributed by atoms with E-state index in [1.165, 1.54) is 5.56 Å². The lowest BCUT2D eigenvalue weighted by Crippen LogP contribution is -2.54. The molecule has 7 nitrogen and oxygen atoms in total. The van der Waals surface area contributed by atoms with Gasteiger partial charge in [0.2, 0.25) is 5.91 Å². The SMILES string of the molecule is COc1ccc(C(C)(C)C)cc1CN[C@H]1[C@H](C(C)(C)C)[C@@H](C(=O)O)N(C(=O)C2(c3ccccc3)COc3ccccc32)[C@H]1c1ccccc1. The maximum Gasteiger partial charge on any atom is 0.326 e. The molecule has 0 aromatic heterocycles. The molecule has 5 atom stereocenters. The van der Waals surface area contributed by atoms with Crippen molar-refractivity contribution in [3.8, 4) is 11.5 Å². The summed E-state index contributed by atoms with van der Waals surface area (Å²) in [5, 5.41) is 15.0. The van der Waals surface area contributed by atoms with Gasteiger partial charge in [-0.3, -0.25) is 4.79 Å². The van der Waals surface area contributed by atoms with Gasteiger partial charge in [0.1, 0.15) is 29.6 Å². The summed E-state index contributed by atoms with van der Waals surface area (Å²) in [4.78, 5) is 31.0. The van der Waals surface area contributed by atoms with E-state index >= 15 is 4.79 Å². The van der Waals surface area contributed by atoms with Crippen LogP contribution >= 0.6 is 0 Å². The fraction of sp³-hybridized carbons (Fsp3) is 0.381. The summed E-state index contributed by atoms with van der Waals surface area (Å²) in [6.07, 6.45) is 0. The van der Waals surface area contributed by atoms with E-state index in [1.807, 2.05) is 91.0 Å². The number of hydrogen-bond donors (Lipinski definition) is 2. The molecule has 0 saturated carbocycles. The third-order valence-electron chi connectivity index (χ3n) is 10.4. The van der Waals surface area contributed by atoms with Crippen LogP contribution in [0.3, 0.4) is 0 Å². The second kappa shape index (κ2) is 13.0. The summed E-state index contributed by atoms with van der Waals surface area (Å²) in [7, 11) is 1.67. The third-order valence-corrected chi connectivity index (χ3v) is 10.4. The first kappa shape index (κ1) is 34.3. The molecule has 2 aliphatic rings. The fourth-order valence-electron chi connectivity index (χ4n) is 8.01. The zero-order valence-electron chi connectivity index (χ0n) is 29.6. The van der Waals surface area contributed by atoms with Gasteiger partial charge in [-0.25, -0.2) is 4.79 Å². The maximum absolute atomic E-state index is 15.7. The monoisotopic (exact) mass is 660 g/mol. The fourth-order valence-corrected chi connectivity index (χ4v) is 8.01. The molecule has 0 aliphatic carbocycles. The van der Waals surface area contributed by atoms with Gasteiger partial charge in [-0.1, -0.05) is 133 Å². The van der Waals surface area contributed by atoms with Gasteiger partial charge in [-0.05, 0) is 39.7 Å². The summed E-state index contributed by atoms with van der Waals surface area (Å²) in [5.41, 5.74) is 2.74. The molecule has 1 unspecified atom stereocenters. The molecule has 1 amide bonds. The number of carbonyl (C=O) groups excluding carboxylic acids is 1. The molecule has 256 valence electrons. The van der Waals surface area contributed by atoms with Gasteiger partial charge in [-0.2, -0.15) is 0 Å². The minimum Gasteiger partial charge on any atom is -0.496 e. The highest BCUT2D eigenvalue weighted by atomic mass is 16.5. The van der Waals surface area contributed by atoms with Crippen molar-refractivity contribution in [2.75, 3.05) is 13.7 Å². The van der Waals surface area contributed by atoms with Crippen molar-refractivity contribution in [1.82, 2.24) is 10.2 Å². The molecular weight excluding hydrogens is 612 g/mol. The first-order valence-electron chi connectivity index (χ1n) is 17.1. The van der Waals surface area contributed by atoms with E-state index in [0.29, 0.717) is 12.3 Å². The van der Waals surface area contributed by atoms with Gasteiger partial charge < -0.3 is 24.8 Å². The summed E-state index contributed by atoms with van der Waals surface area (Å²) >= 11 is 0. The van der Waals surface area contributed by atoms with Crippen molar-refractivity contribution in [3.05, 3.63) is 131 Å². The quantitative estimate of drug-likeness (QED) is 0.203. The number of methoxy groups -OCH3 is 1. The standard InChI is InChI=1S/C42H48N2O5/c1-40(2,3)30-22-23-32(48-7)28(24-30)25-43-35-34(41(4,5)6)37(38(45)46)44(36(35)27-16-10-8-11-17-27)39(47)42(29-18-12-9-13-19-29)26-49-33-21-15-14-20-31(33)42/h8-24,34-37,43H,25-26H2,1-7H3,(H,45,46)/t34-,35-,36-,37-,42?/m0/s1. The Morgan fingerprint density at radius 2 is 1.53 bits per heavy atom. The second-order valence-corrected chi connectivity index (χ2v) is 15.5. The van der Waals surface area contributed by atoms with Crippen molar-refractivity contribution in [2.24, 2.45) is 11.3 Å². The number of nitrogens with zero attached hydrogens (tertiary/aromatic N) is 1. The average molecular weight is 661 g/mol. The predicted molar refractivity (Wildman–Crippen MR) is 192 cm³/mol. The van der Waals surface area contributed by atoms with Crippen LogP contribution in [0.5, 0.6) is 11.5 Å². The van der Waals surface area contributed by atoms with Gasteiger partial charge >= 0.3 is 5.97 Å². The minimum atomic E-state index is -1.24. The van der Waals surface area contributed by atoms with Crippen LogP contribution in [0, 0.1) is 11.3 Å². The van der Waals surface area contributed by atoms with Crippen molar-refractivity contribution in [3.63, 3.8) is 0 Å². The molecule has 0 spiro atoms. The number of para-hydroxylation sites is 1. The number of rotatable bonds is 8. The Morgan fingerprint density at radius 3 is 2.14 bits per heavy atom. The van der Waals surface area contributed by atoms with E-state index in [-0.39, 0.29) is 17.9 Å². The number of likely N-dealkylation sites (tertiary alicyclic amines) is 1. The van der Waals surface area contributed by atoms with Gasteiger partial charge in [-0.15, -0.1) is 0 Å². The number of aliphatic carboxylic acids is 1. The van der Waals surface area contributed by atoms with Gasteiger partial charge in [0.05, 0.1) is 13.2 Å². The Balaban J connectivity index is 1.54. The molecule has 2 N–H and O–H groups in total. The Kier molecular flexibility index (Phi) is 9.10. The summed E-state index contributed by atoms with van der Waals surface area (Å²) in [5.74, 6) is -0.374. The summed E-state index contributed by atoms with van der Waals surface area (Å²) in [6, 6.07) is 31.2. The smallest absolute Gasteiger partial charge is 0.326 e. The number of benzene rings is 4. The molecule has 49 heavy (non-hydrogen) atoms. The molecule has 4 aromatic rings. The van der Waals surface area contributed by atoms with Crippen LogP contribution in [0.4, 0.5) is 0 Å². The van der Waals surface area contributed by atoms with Crippen LogP contribution in [0.25, 0.3) is 0 Å². The molecule has 0 bridgehead atoms. The number of nitrogens with one attached hydrogen (secondary N) is 1. The molecular formula is C42H48N2O5. The Hall–Kier alpha value is -4.62. The van der Waals surface area contributed by atoms with E-state index in [4.69, 9.17) is 9.47 Å². The number of ether oxygens (including phenoxy) is 2. The number of fused-ring (bicyclic) bond motifs is 1. The van der Waals surface area contributed by atoms with Crippen molar-refractivity contribution >= 4 is 11.9 Å². The Bertz CT molecular complexity index is 1810. The first-order chi connectivity index (χ1) is 23.3.